The second-order valence-electron chi connectivity index (χ2n) is 5.46. The van der Waals surface area contributed by atoms with Crippen molar-refractivity contribution in [2.45, 2.75) is 4.34 Å². The van der Waals surface area contributed by atoms with Gasteiger partial charge in [0.05, 0.1) is 12.0 Å². The molecule has 0 bridgehead atoms. The number of ketones is 1. The lowest BCUT2D eigenvalue weighted by atomic mass is 10.2. The molecule has 10 heteroatoms. The van der Waals surface area contributed by atoms with E-state index in [2.05, 4.69) is 20.7 Å². The first-order valence-electron chi connectivity index (χ1n) is 8.05. The Labute approximate surface area is 167 Å². The third kappa shape index (κ3) is 4.18. The maximum atomic E-state index is 12.3. The molecule has 1 amide bonds. The molecular formula is C18H12N4O4S2. The van der Waals surface area contributed by atoms with Gasteiger partial charge < -0.3 is 8.94 Å². The maximum absolute atomic E-state index is 12.3. The van der Waals surface area contributed by atoms with Gasteiger partial charge in [0.25, 0.3) is 5.91 Å². The van der Waals surface area contributed by atoms with Crippen molar-refractivity contribution < 1.29 is 18.5 Å². The Morgan fingerprint density at radius 2 is 1.93 bits per heavy atom. The fraction of sp³-hybridized carbons (Fsp3) is 0.0556. The van der Waals surface area contributed by atoms with Crippen LogP contribution in [0, 0.1) is 0 Å². The van der Waals surface area contributed by atoms with Crippen molar-refractivity contribution in [3.05, 3.63) is 66.1 Å². The molecule has 3 heterocycles. The molecule has 8 nitrogen and oxygen atoms in total. The number of benzene rings is 1. The van der Waals surface area contributed by atoms with Gasteiger partial charge in [0.1, 0.15) is 0 Å². The number of carbonyl (C=O) groups is 2. The van der Waals surface area contributed by atoms with E-state index in [0.29, 0.717) is 26.6 Å². The van der Waals surface area contributed by atoms with E-state index in [9.17, 15) is 9.59 Å². The highest BCUT2D eigenvalue weighted by atomic mass is 32.2. The van der Waals surface area contributed by atoms with E-state index in [0.717, 1.165) is 0 Å². The molecule has 140 valence electrons. The molecule has 0 saturated carbocycles. The molecule has 0 unspecified atom stereocenters. The molecule has 0 spiro atoms. The number of aromatic nitrogens is 3. The number of anilines is 1. The van der Waals surface area contributed by atoms with Crippen LogP contribution in [0.2, 0.25) is 0 Å². The summed E-state index contributed by atoms with van der Waals surface area (Å²) in [6, 6.07) is 13.9. The molecule has 0 fully saturated rings. The first-order chi connectivity index (χ1) is 13.7. The van der Waals surface area contributed by atoms with Gasteiger partial charge in [-0.1, -0.05) is 58.6 Å². The van der Waals surface area contributed by atoms with Crippen molar-refractivity contribution in [2.24, 2.45) is 0 Å². The summed E-state index contributed by atoms with van der Waals surface area (Å²) >= 11 is 2.44. The van der Waals surface area contributed by atoms with E-state index in [1.165, 1.54) is 35.4 Å². The van der Waals surface area contributed by atoms with Gasteiger partial charge in [-0.25, -0.2) is 0 Å². The van der Waals surface area contributed by atoms with Gasteiger partial charge in [0.2, 0.25) is 10.9 Å². The fourth-order valence-electron chi connectivity index (χ4n) is 2.23. The molecule has 4 rings (SSSR count). The van der Waals surface area contributed by atoms with E-state index in [1.54, 1.807) is 24.3 Å². The van der Waals surface area contributed by atoms with E-state index in [-0.39, 0.29) is 17.2 Å². The predicted molar refractivity (Wildman–Crippen MR) is 104 cm³/mol. The predicted octanol–water partition coefficient (Wildman–Crippen LogP) is 4.01. The summed E-state index contributed by atoms with van der Waals surface area (Å²) in [5.74, 6) is 0.587. The lowest BCUT2D eigenvalue weighted by molar-refractivity contribution is 0.101. The van der Waals surface area contributed by atoms with Crippen LogP contribution in [0.1, 0.15) is 20.8 Å². The SMILES string of the molecule is O=C(CSc1nnc(NC(=O)c2cc(-c3ccco3)on2)s1)c1ccccc1. The van der Waals surface area contributed by atoms with Gasteiger partial charge in [-0.2, -0.15) is 0 Å². The minimum atomic E-state index is -0.477. The summed E-state index contributed by atoms with van der Waals surface area (Å²) in [7, 11) is 0. The van der Waals surface area contributed by atoms with Gasteiger partial charge in [0, 0.05) is 11.6 Å². The number of furan rings is 1. The van der Waals surface area contributed by atoms with E-state index in [1.807, 2.05) is 18.2 Å². The first kappa shape index (κ1) is 18.1. The number of hydrogen-bond acceptors (Lipinski definition) is 9. The van der Waals surface area contributed by atoms with Crippen LogP contribution in [0.15, 0.2) is 68.1 Å². The third-order valence-corrected chi connectivity index (χ3v) is 5.53. The van der Waals surface area contributed by atoms with E-state index >= 15 is 0 Å². The highest BCUT2D eigenvalue weighted by molar-refractivity contribution is 8.01. The number of rotatable bonds is 7. The topological polar surface area (TPSA) is 111 Å². The monoisotopic (exact) mass is 412 g/mol. The zero-order valence-corrected chi connectivity index (χ0v) is 15.8. The number of nitrogens with zero attached hydrogens (tertiary/aromatic N) is 3. The normalized spacial score (nSPS) is 10.7. The maximum Gasteiger partial charge on any atom is 0.279 e. The summed E-state index contributed by atoms with van der Waals surface area (Å²) in [5.41, 5.74) is 0.737. The van der Waals surface area contributed by atoms with Crippen molar-refractivity contribution in [3.63, 3.8) is 0 Å². The molecule has 0 aliphatic carbocycles. The average Bonchev–Trinajstić information content (AvgIpc) is 3.47. The highest BCUT2D eigenvalue weighted by Gasteiger charge is 2.17. The molecule has 1 aromatic carbocycles. The lowest BCUT2D eigenvalue weighted by Crippen LogP contribution is -2.11. The van der Waals surface area contributed by atoms with Crippen LogP contribution in [0.3, 0.4) is 0 Å². The minimum absolute atomic E-state index is 0.000520. The number of nitrogens with one attached hydrogen (secondary N) is 1. The standard InChI is InChI=1S/C18H12N4O4S2/c23-13(11-5-2-1-3-6-11)10-27-18-21-20-17(28-18)19-16(24)12-9-15(26-22-12)14-7-4-8-25-14/h1-9H,10H2,(H,19,20,24). The largest absolute Gasteiger partial charge is 0.461 e. The van der Waals surface area contributed by atoms with Crippen LogP contribution >= 0.6 is 23.1 Å². The van der Waals surface area contributed by atoms with Crippen LogP contribution < -0.4 is 5.32 Å². The molecule has 28 heavy (non-hydrogen) atoms. The first-order valence-corrected chi connectivity index (χ1v) is 9.86. The number of thioether (sulfide) groups is 1. The van der Waals surface area contributed by atoms with Crippen molar-refractivity contribution >= 4 is 39.9 Å². The van der Waals surface area contributed by atoms with Crippen molar-refractivity contribution in [1.29, 1.82) is 0 Å². The average molecular weight is 412 g/mol. The molecule has 0 radical (unpaired) electrons. The number of hydrogen-bond donors (Lipinski definition) is 1. The number of carbonyl (C=O) groups excluding carboxylic acids is 2. The Bertz CT molecular complexity index is 1090. The molecule has 0 saturated heterocycles. The van der Waals surface area contributed by atoms with E-state index < -0.39 is 5.91 Å². The molecule has 1 N–H and O–H groups in total. The Morgan fingerprint density at radius 1 is 1.07 bits per heavy atom. The zero-order chi connectivity index (χ0) is 19.3. The second kappa shape index (κ2) is 8.19. The second-order valence-corrected chi connectivity index (χ2v) is 7.66. The van der Waals surface area contributed by atoms with Crippen molar-refractivity contribution in [3.8, 4) is 11.5 Å². The van der Waals surface area contributed by atoms with Crippen molar-refractivity contribution in [2.75, 3.05) is 11.1 Å². The summed E-state index contributed by atoms with van der Waals surface area (Å²) in [6.07, 6.45) is 1.50. The summed E-state index contributed by atoms with van der Waals surface area (Å²) in [5, 5.41) is 14.5. The Balaban J connectivity index is 1.34. The van der Waals surface area contributed by atoms with Crippen LogP contribution in [0.5, 0.6) is 0 Å². The summed E-state index contributed by atoms with van der Waals surface area (Å²) < 4.78 is 10.9. The Hall–Kier alpha value is -3.24. The smallest absolute Gasteiger partial charge is 0.279 e. The molecule has 0 atom stereocenters. The van der Waals surface area contributed by atoms with Crippen LogP contribution in [-0.4, -0.2) is 32.8 Å². The number of Topliss-reactive ketones (excluding diaryl/α,β-unsaturated/α-hetero) is 1. The Kier molecular flexibility index (Phi) is 5.31. The van der Waals surface area contributed by atoms with Crippen LogP contribution in [0.25, 0.3) is 11.5 Å². The van der Waals surface area contributed by atoms with Gasteiger partial charge in [-0.15, -0.1) is 10.2 Å². The molecule has 4 aromatic rings. The molecule has 0 aliphatic heterocycles. The van der Waals surface area contributed by atoms with E-state index in [4.69, 9.17) is 8.94 Å². The lowest BCUT2D eigenvalue weighted by Gasteiger charge is -1.98. The quantitative estimate of drug-likeness (QED) is 0.275. The van der Waals surface area contributed by atoms with Gasteiger partial charge in [-0.3, -0.25) is 14.9 Å². The van der Waals surface area contributed by atoms with Gasteiger partial charge in [-0.05, 0) is 12.1 Å². The number of amides is 1. The van der Waals surface area contributed by atoms with Crippen LogP contribution in [0.4, 0.5) is 5.13 Å². The third-order valence-electron chi connectivity index (χ3n) is 3.56. The van der Waals surface area contributed by atoms with Gasteiger partial charge in [0.15, 0.2) is 21.6 Å². The molecule has 0 aliphatic rings. The minimum Gasteiger partial charge on any atom is -0.461 e. The van der Waals surface area contributed by atoms with Crippen molar-refractivity contribution in [1.82, 2.24) is 15.4 Å². The fourth-order valence-corrected chi connectivity index (χ4v) is 3.87. The molecule has 3 aromatic heterocycles. The van der Waals surface area contributed by atoms with Crippen LogP contribution in [-0.2, 0) is 0 Å². The van der Waals surface area contributed by atoms with Gasteiger partial charge >= 0.3 is 0 Å². The summed E-state index contributed by atoms with van der Waals surface area (Å²) in [6.45, 7) is 0. The zero-order valence-electron chi connectivity index (χ0n) is 14.2. The Morgan fingerprint density at radius 3 is 2.71 bits per heavy atom. The highest BCUT2D eigenvalue weighted by Crippen LogP contribution is 2.27. The summed E-state index contributed by atoms with van der Waals surface area (Å²) in [4.78, 5) is 24.4. The molecular weight excluding hydrogens is 400 g/mol.